The molecule has 0 saturated heterocycles. The van der Waals surface area contributed by atoms with Crippen LogP contribution < -0.4 is 4.90 Å². The van der Waals surface area contributed by atoms with Gasteiger partial charge < -0.3 is 4.90 Å². The van der Waals surface area contributed by atoms with Gasteiger partial charge in [-0.05, 0) is 36.8 Å². The quantitative estimate of drug-likeness (QED) is 0.823. The highest BCUT2D eigenvalue weighted by Gasteiger charge is 2.13. The third-order valence-corrected chi connectivity index (χ3v) is 2.79. The highest BCUT2D eigenvalue weighted by Crippen LogP contribution is 2.14. The average Bonchev–Trinajstić information content (AvgIpc) is 2.42. The van der Waals surface area contributed by atoms with E-state index in [9.17, 15) is 4.79 Å². The van der Waals surface area contributed by atoms with E-state index in [0.29, 0.717) is 13.0 Å². The molecule has 1 aromatic carbocycles. The van der Waals surface area contributed by atoms with E-state index in [0.717, 1.165) is 11.3 Å². The summed E-state index contributed by atoms with van der Waals surface area (Å²) in [7, 11) is 0. The molecule has 0 spiro atoms. The summed E-state index contributed by atoms with van der Waals surface area (Å²) < 4.78 is 0. The number of rotatable bonds is 4. The lowest BCUT2D eigenvalue weighted by molar-refractivity contribution is -0.117. The van der Waals surface area contributed by atoms with Gasteiger partial charge >= 0.3 is 0 Å². The number of hydrogen-bond donors (Lipinski definition) is 0. The third-order valence-electron chi connectivity index (χ3n) is 2.79. The number of para-hydroxylation sites is 1. The van der Waals surface area contributed by atoms with Gasteiger partial charge in [0, 0.05) is 24.6 Å². The lowest BCUT2D eigenvalue weighted by Gasteiger charge is -2.21. The van der Waals surface area contributed by atoms with Gasteiger partial charge in [-0.2, -0.15) is 0 Å². The highest BCUT2D eigenvalue weighted by atomic mass is 16.2. The van der Waals surface area contributed by atoms with Crippen molar-refractivity contribution < 1.29 is 4.79 Å². The van der Waals surface area contributed by atoms with Gasteiger partial charge in [0.2, 0.25) is 5.91 Å². The summed E-state index contributed by atoms with van der Waals surface area (Å²) in [5.74, 6) is 0.106. The zero-order chi connectivity index (χ0) is 12.8. The fourth-order valence-corrected chi connectivity index (χ4v) is 1.88. The second-order valence-electron chi connectivity index (χ2n) is 4.01. The van der Waals surface area contributed by atoms with Gasteiger partial charge in [-0.25, -0.2) is 0 Å². The van der Waals surface area contributed by atoms with Gasteiger partial charge in [-0.3, -0.25) is 9.78 Å². The Balaban J connectivity index is 2.12. The van der Waals surface area contributed by atoms with Crippen molar-refractivity contribution in [3.63, 3.8) is 0 Å². The normalized spacial score (nSPS) is 10.1. The van der Waals surface area contributed by atoms with Crippen LogP contribution in [-0.4, -0.2) is 17.4 Å². The predicted molar refractivity (Wildman–Crippen MR) is 72.4 cm³/mol. The van der Waals surface area contributed by atoms with E-state index in [4.69, 9.17) is 0 Å². The third kappa shape index (κ3) is 2.94. The molecule has 0 aliphatic carbocycles. The molecule has 0 aliphatic rings. The molecule has 92 valence electrons. The molecule has 0 atom stereocenters. The zero-order valence-corrected chi connectivity index (χ0v) is 10.4. The predicted octanol–water partition coefficient (Wildman–Crippen LogP) is 2.68. The molecule has 0 N–H and O–H groups in total. The lowest BCUT2D eigenvalue weighted by atomic mass is 10.1. The van der Waals surface area contributed by atoms with Gasteiger partial charge in [-0.15, -0.1) is 0 Å². The monoisotopic (exact) mass is 240 g/mol. The Morgan fingerprint density at radius 3 is 2.39 bits per heavy atom. The summed E-state index contributed by atoms with van der Waals surface area (Å²) in [5, 5.41) is 0. The SMILES string of the molecule is CCN(C(=O)Cc1ccncc1)c1ccccc1. The van der Waals surface area contributed by atoms with Crippen molar-refractivity contribution in [2.75, 3.05) is 11.4 Å². The standard InChI is InChI=1S/C15H16N2O/c1-2-17(14-6-4-3-5-7-14)15(18)12-13-8-10-16-11-9-13/h3-11H,2,12H2,1H3. The van der Waals surface area contributed by atoms with E-state index in [1.807, 2.05) is 49.4 Å². The number of amides is 1. The number of carbonyl (C=O) groups is 1. The summed E-state index contributed by atoms with van der Waals surface area (Å²) in [5.41, 5.74) is 1.93. The molecule has 0 saturated carbocycles. The van der Waals surface area contributed by atoms with Gasteiger partial charge in [0.1, 0.15) is 0 Å². The molecule has 0 fully saturated rings. The number of hydrogen-bond acceptors (Lipinski definition) is 2. The molecule has 0 unspecified atom stereocenters. The molecule has 0 aliphatic heterocycles. The van der Waals surface area contributed by atoms with Crippen LogP contribution in [0.25, 0.3) is 0 Å². The minimum absolute atomic E-state index is 0.106. The minimum Gasteiger partial charge on any atom is -0.312 e. The van der Waals surface area contributed by atoms with Crippen molar-refractivity contribution in [2.45, 2.75) is 13.3 Å². The first-order chi connectivity index (χ1) is 8.81. The Morgan fingerprint density at radius 2 is 1.78 bits per heavy atom. The van der Waals surface area contributed by atoms with Crippen molar-refractivity contribution in [1.82, 2.24) is 4.98 Å². The van der Waals surface area contributed by atoms with Crippen LogP contribution >= 0.6 is 0 Å². The maximum Gasteiger partial charge on any atom is 0.231 e. The zero-order valence-electron chi connectivity index (χ0n) is 10.4. The van der Waals surface area contributed by atoms with Crippen LogP contribution in [0.5, 0.6) is 0 Å². The van der Waals surface area contributed by atoms with E-state index < -0.39 is 0 Å². The smallest absolute Gasteiger partial charge is 0.231 e. The molecular weight excluding hydrogens is 224 g/mol. The highest BCUT2D eigenvalue weighted by molar-refractivity contribution is 5.94. The molecular formula is C15H16N2O. The number of carbonyl (C=O) groups excluding carboxylic acids is 1. The second-order valence-corrected chi connectivity index (χ2v) is 4.01. The maximum atomic E-state index is 12.2. The number of pyridine rings is 1. The first-order valence-electron chi connectivity index (χ1n) is 6.05. The fraction of sp³-hybridized carbons (Fsp3) is 0.200. The van der Waals surface area contributed by atoms with E-state index in [2.05, 4.69) is 4.98 Å². The molecule has 1 amide bonds. The van der Waals surface area contributed by atoms with E-state index >= 15 is 0 Å². The minimum atomic E-state index is 0.106. The van der Waals surface area contributed by atoms with Gasteiger partial charge in [0.05, 0.1) is 6.42 Å². The molecule has 1 aromatic heterocycles. The van der Waals surface area contributed by atoms with Crippen LogP contribution in [0.2, 0.25) is 0 Å². The largest absolute Gasteiger partial charge is 0.312 e. The van der Waals surface area contributed by atoms with Crippen LogP contribution in [-0.2, 0) is 11.2 Å². The summed E-state index contributed by atoms with van der Waals surface area (Å²) in [6.45, 7) is 2.66. The number of aromatic nitrogens is 1. The van der Waals surface area contributed by atoms with E-state index in [1.54, 1.807) is 17.3 Å². The number of nitrogens with zero attached hydrogens (tertiary/aromatic N) is 2. The molecule has 3 nitrogen and oxygen atoms in total. The number of likely N-dealkylation sites (N-methyl/N-ethyl adjacent to an activating group) is 1. The first-order valence-corrected chi connectivity index (χ1v) is 6.05. The first kappa shape index (κ1) is 12.3. The van der Waals surface area contributed by atoms with E-state index in [-0.39, 0.29) is 5.91 Å². The van der Waals surface area contributed by atoms with Crippen LogP contribution in [0.1, 0.15) is 12.5 Å². The molecule has 2 rings (SSSR count). The molecule has 2 aromatic rings. The Kier molecular flexibility index (Phi) is 4.07. The van der Waals surface area contributed by atoms with Gasteiger partial charge in [0.15, 0.2) is 0 Å². The fourth-order valence-electron chi connectivity index (χ4n) is 1.88. The van der Waals surface area contributed by atoms with Crippen molar-refractivity contribution in [1.29, 1.82) is 0 Å². The summed E-state index contributed by atoms with van der Waals surface area (Å²) in [6, 6.07) is 13.5. The van der Waals surface area contributed by atoms with Gasteiger partial charge in [-0.1, -0.05) is 18.2 Å². The van der Waals surface area contributed by atoms with Crippen LogP contribution in [0.4, 0.5) is 5.69 Å². The van der Waals surface area contributed by atoms with Gasteiger partial charge in [0.25, 0.3) is 0 Å². The topological polar surface area (TPSA) is 33.2 Å². The second kappa shape index (κ2) is 5.96. The molecule has 3 heteroatoms. The molecule has 18 heavy (non-hydrogen) atoms. The van der Waals surface area contributed by atoms with Crippen LogP contribution in [0.3, 0.4) is 0 Å². The van der Waals surface area contributed by atoms with E-state index in [1.165, 1.54) is 0 Å². The Bertz CT molecular complexity index is 496. The number of benzene rings is 1. The van der Waals surface area contributed by atoms with Crippen molar-refractivity contribution >= 4 is 11.6 Å². The Morgan fingerprint density at radius 1 is 1.11 bits per heavy atom. The lowest BCUT2D eigenvalue weighted by Crippen LogP contribution is -2.31. The molecule has 0 bridgehead atoms. The average molecular weight is 240 g/mol. The van der Waals surface area contributed by atoms with Crippen molar-refractivity contribution in [3.8, 4) is 0 Å². The Labute approximate surface area is 107 Å². The van der Waals surface area contributed by atoms with Crippen molar-refractivity contribution in [2.24, 2.45) is 0 Å². The Hall–Kier alpha value is -2.16. The molecule has 1 heterocycles. The van der Waals surface area contributed by atoms with Crippen molar-refractivity contribution in [3.05, 3.63) is 60.4 Å². The summed E-state index contributed by atoms with van der Waals surface area (Å²) in [6.07, 6.45) is 3.83. The maximum absolute atomic E-state index is 12.2. The van der Waals surface area contributed by atoms with Crippen LogP contribution in [0, 0.1) is 0 Å². The van der Waals surface area contributed by atoms with Crippen LogP contribution in [0.15, 0.2) is 54.9 Å². The number of anilines is 1. The summed E-state index contributed by atoms with van der Waals surface area (Å²) in [4.78, 5) is 18.0. The summed E-state index contributed by atoms with van der Waals surface area (Å²) >= 11 is 0. The molecule has 0 radical (unpaired) electrons.